The molecule has 0 aromatic heterocycles. The van der Waals surface area contributed by atoms with Crippen LogP contribution in [-0.2, 0) is 0 Å². The summed E-state index contributed by atoms with van der Waals surface area (Å²) in [5.74, 6) is 0.676. The molecule has 0 radical (unpaired) electrons. The van der Waals surface area contributed by atoms with Crippen LogP contribution in [0, 0.1) is 5.92 Å². The van der Waals surface area contributed by atoms with Crippen molar-refractivity contribution >= 4 is 17.4 Å². The van der Waals surface area contributed by atoms with E-state index in [0.717, 1.165) is 6.54 Å². The predicted molar refractivity (Wildman–Crippen MR) is 48.6 cm³/mol. The smallest absolute Gasteiger partial charge is 0.0585 e. The van der Waals surface area contributed by atoms with Gasteiger partial charge < -0.3 is 0 Å². The van der Waals surface area contributed by atoms with E-state index in [-0.39, 0.29) is 0 Å². The lowest BCUT2D eigenvalue weighted by atomic mass is 10.1. The lowest BCUT2D eigenvalue weighted by Gasteiger charge is -2.04. The Balaban J connectivity index is 3.24. The van der Waals surface area contributed by atoms with Crippen molar-refractivity contribution in [1.29, 1.82) is 0 Å². The summed E-state index contributed by atoms with van der Waals surface area (Å²) in [6.07, 6.45) is 3.83. The number of thiocarbonyl (C=S) groups is 1. The van der Waals surface area contributed by atoms with Crippen molar-refractivity contribution in [3.63, 3.8) is 0 Å². The second-order valence-corrected chi connectivity index (χ2v) is 2.86. The zero-order chi connectivity index (χ0) is 7.82. The van der Waals surface area contributed by atoms with Crippen LogP contribution < -0.4 is 0 Å². The molecule has 0 heterocycles. The lowest BCUT2D eigenvalue weighted by Crippen LogP contribution is -1.97. The molecule has 10 heavy (non-hydrogen) atoms. The first-order valence-corrected chi connectivity index (χ1v) is 4.25. The zero-order valence-corrected chi connectivity index (χ0v) is 7.58. The molecule has 0 aromatic rings. The monoisotopic (exact) mass is 157 g/mol. The van der Waals surface area contributed by atoms with Crippen molar-refractivity contribution < 1.29 is 0 Å². The fourth-order valence-corrected chi connectivity index (χ4v) is 0.912. The van der Waals surface area contributed by atoms with Crippen molar-refractivity contribution in [2.45, 2.75) is 33.1 Å². The summed E-state index contributed by atoms with van der Waals surface area (Å²) in [5.41, 5.74) is 0. The second kappa shape index (κ2) is 6.91. The quantitative estimate of drug-likeness (QED) is 0.441. The van der Waals surface area contributed by atoms with Crippen LogP contribution in [0.2, 0.25) is 0 Å². The van der Waals surface area contributed by atoms with Crippen LogP contribution in [0.3, 0.4) is 0 Å². The van der Waals surface area contributed by atoms with Crippen LogP contribution in [0.4, 0.5) is 0 Å². The topological polar surface area (TPSA) is 12.4 Å². The summed E-state index contributed by atoms with van der Waals surface area (Å²) in [6, 6.07) is 0. The Kier molecular flexibility index (Phi) is 6.78. The maximum absolute atomic E-state index is 4.47. The van der Waals surface area contributed by atoms with Gasteiger partial charge in [-0.1, -0.05) is 26.7 Å². The first-order chi connectivity index (χ1) is 4.81. The number of isothiocyanates is 1. The van der Waals surface area contributed by atoms with Crippen molar-refractivity contribution in [2.24, 2.45) is 10.9 Å². The number of rotatable bonds is 5. The zero-order valence-electron chi connectivity index (χ0n) is 6.76. The van der Waals surface area contributed by atoms with Gasteiger partial charge in [-0.15, -0.1) is 0 Å². The molecule has 0 N–H and O–H groups in total. The summed E-state index contributed by atoms with van der Waals surface area (Å²) in [5, 5.41) is 2.38. The van der Waals surface area contributed by atoms with E-state index in [9.17, 15) is 0 Å². The van der Waals surface area contributed by atoms with Gasteiger partial charge in [-0.05, 0) is 24.6 Å². The van der Waals surface area contributed by atoms with E-state index in [1.807, 2.05) is 0 Å². The van der Waals surface area contributed by atoms with Gasteiger partial charge in [0.05, 0.1) is 11.7 Å². The lowest BCUT2D eigenvalue weighted by molar-refractivity contribution is 0.518. The van der Waals surface area contributed by atoms with Gasteiger partial charge in [0.2, 0.25) is 0 Å². The Morgan fingerprint density at radius 2 is 2.30 bits per heavy atom. The SMILES string of the molecule is CCCCC(C)CN=C=S. The van der Waals surface area contributed by atoms with E-state index in [0.29, 0.717) is 5.92 Å². The molecule has 1 atom stereocenters. The molecular weight excluding hydrogens is 142 g/mol. The Morgan fingerprint density at radius 1 is 1.60 bits per heavy atom. The summed E-state index contributed by atoms with van der Waals surface area (Å²) < 4.78 is 0. The Labute approximate surface area is 68.5 Å². The molecule has 0 aromatic carbocycles. The van der Waals surface area contributed by atoms with E-state index < -0.39 is 0 Å². The molecular formula is C8H15NS. The fourth-order valence-electron chi connectivity index (χ4n) is 0.837. The number of unbranched alkanes of at least 4 members (excludes halogenated alkanes) is 1. The Bertz CT molecular complexity index is 116. The Morgan fingerprint density at radius 3 is 2.80 bits per heavy atom. The fraction of sp³-hybridized carbons (Fsp3) is 0.875. The van der Waals surface area contributed by atoms with E-state index >= 15 is 0 Å². The van der Waals surface area contributed by atoms with Gasteiger partial charge in [0, 0.05) is 0 Å². The van der Waals surface area contributed by atoms with Gasteiger partial charge in [-0.3, -0.25) is 0 Å². The highest BCUT2D eigenvalue weighted by atomic mass is 32.1. The van der Waals surface area contributed by atoms with Gasteiger partial charge >= 0.3 is 0 Å². The largest absolute Gasteiger partial charge is 0.232 e. The molecule has 1 unspecified atom stereocenters. The third-order valence-electron chi connectivity index (χ3n) is 1.52. The van der Waals surface area contributed by atoms with Crippen molar-refractivity contribution in [1.82, 2.24) is 0 Å². The molecule has 0 saturated carbocycles. The highest BCUT2D eigenvalue weighted by Crippen LogP contribution is 2.06. The van der Waals surface area contributed by atoms with Crippen LogP contribution in [0.1, 0.15) is 33.1 Å². The molecule has 0 fully saturated rings. The summed E-state index contributed by atoms with van der Waals surface area (Å²) in [7, 11) is 0. The molecule has 0 spiro atoms. The molecule has 1 nitrogen and oxygen atoms in total. The highest BCUT2D eigenvalue weighted by Gasteiger charge is 1.97. The average molecular weight is 157 g/mol. The first-order valence-electron chi connectivity index (χ1n) is 3.84. The summed E-state index contributed by atoms with van der Waals surface area (Å²) in [6.45, 7) is 5.25. The minimum atomic E-state index is 0.676. The van der Waals surface area contributed by atoms with Crippen LogP contribution in [0.5, 0.6) is 0 Å². The van der Waals surface area contributed by atoms with Crippen molar-refractivity contribution in [2.75, 3.05) is 6.54 Å². The van der Waals surface area contributed by atoms with E-state index in [1.54, 1.807) is 0 Å². The normalized spacial score (nSPS) is 12.2. The van der Waals surface area contributed by atoms with Crippen LogP contribution >= 0.6 is 12.2 Å². The van der Waals surface area contributed by atoms with Crippen molar-refractivity contribution in [3.8, 4) is 0 Å². The molecule has 2 heteroatoms. The van der Waals surface area contributed by atoms with Crippen LogP contribution in [-0.4, -0.2) is 11.7 Å². The first kappa shape index (κ1) is 9.80. The maximum atomic E-state index is 4.47. The summed E-state index contributed by atoms with van der Waals surface area (Å²) >= 11 is 4.47. The van der Waals surface area contributed by atoms with E-state index in [1.165, 1.54) is 19.3 Å². The molecule has 0 aliphatic carbocycles. The number of aliphatic imine (C=N–C) groups is 1. The van der Waals surface area contributed by atoms with Gasteiger partial charge in [0.15, 0.2) is 0 Å². The molecule has 58 valence electrons. The maximum Gasteiger partial charge on any atom is 0.0585 e. The van der Waals surface area contributed by atoms with Crippen molar-refractivity contribution in [3.05, 3.63) is 0 Å². The number of nitrogens with zero attached hydrogens (tertiary/aromatic N) is 1. The summed E-state index contributed by atoms with van der Waals surface area (Å²) in [4.78, 5) is 3.89. The third-order valence-corrected chi connectivity index (χ3v) is 1.65. The second-order valence-electron chi connectivity index (χ2n) is 2.68. The molecule has 0 rings (SSSR count). The molecule has 0 aliphatic heterocycles. The van der Waals surface area contributed by atoms with Gasteiger partial charge in [-0.2, -0.15) is 0 Å². The molecule has 0 saturated heterocycles. The molecule has 0 bridgehead atoms. The third kappa shape index (κ3) is 5.93. The van der Waals surface area contributed by atoms with Gasteiger partial charge in [-0.25, -0.2) is 4.99 Å². The number of hydrogen-bond acceptors (Lipinski definition) is 2. The van der Waals surface area contributed by atoms with Gasteiger partial charge in [0.1, 0.15) is 0 Å². The van der Waals surface area contributed by atoms with Crippen LogP contribution in [0.25, 0.3) is 0 Å². The van der Waals surface area contributed by atoms with E-state index in [2.05, 4.69) is 36.2 Å². The van der Waals surface area contributed by atoms with E-state index in [4.69, 9.17) is 0 Å². The number of hydrogen-bond donors (Lipinski definition) is 0. The average Bonchev–Trinajstić information content (AvgIpc) is 1.97. The molecule has 0 aliphatic rings. The standard InChI is InChI=1S/C8H15NS/c1-3-4-5-8(2)6-9-7-10/h8H,3-6H2,1-2H3. The minimum Gasteiger partial charge on any atom is -0.232 e. The van der Waals surface area contributed by atoms with Crippen LogP contribution in [0.15, 0.2) is 4.99 Å². The Hall–Kier alpha value is -0.200. The predicted octanol–water partition coefficient (Wildman–Crippen LogP) is 2.92. The molecule has 0 amide bonds. The van der Waals surface area contributed by atoms with Gasteiger partial charge in [0.25, 0.3) is 0 Å². The highest BCUT2D eigenvalue weighted by molar-refractivity contribution is 7.78. The minimum absolute atomic E-state index is 0.676.